The van der Waals surface area contributed by atoms with Crippen molar-refractivity contribution in [1.82, 2.24) is 15.4 Å². The van der Waals surface area contributed by atoms with Crippen molar-refractivity contribution in [2.45, 2.75) is 5.16 Å². The van der Waals surface area contributed by atoms with Crippen molar-refractivity contribution in [2.75, 3.05) is 5.75 Å². The summed E-state index contributed by atoms with van der Waals surface area (Å²) in [6, 6.07) is 9.34. The van der Waals surface area contributed by atoms with Crippen LogP contribution in [0.3, 0.4) is 0 Å². The summed E-state index contributed by atoms with van der Waals surface area (Å²) in [6.45, 7) is 0. The summed E-state index contributed by atoms with van der Waals surface area (Å²) in [4.78, 5) is 19.6. The molecule has 0 radical (unpaired) electrons. The van der Waals surface area contributed by atoms with E-state index in [1.807, 2.05) is 24.3 Å². The highest BCUT2D eigenvalue weighted by Gasteiger charge is 2.02. The van der Waals surface area contributed by atoms with Crippen LogP contribution in [-0.2, 0) is 4.79 Å². The van der Waals surface area contributed by atoms with Gasteiger partial charge in [0.05, 0.1) is 12.0 Å². The minimum Gasteiger partial charge on any atom is -0.272 e. The van der Waals surface area contributed by atoms with Crippen LogP contribution in [0.4, 0.5) is 0 Å². The predicted octanol–water partition coefficient (Wildman–Crippen LogP) is 2.48. The third kappa shape index (κ3) is 4.75. The second-order valence-corrected chi connectivity index (χ2v) is 5.43. The monoisotopic (exact) mass is 350 g/mol. The van der Waals surface area contributed by atoms with Crippen molar-refractivity contribution in [3.05, 3.63) is 52.8 Å². The van der Waals surface area contributed by atoms with Crippen LogP contribution in [0.25, 0.3) is 0 Å². The quantitative estimate of drug-likeness (QED) is 0.389. The molecule has 1 amide bonds. The lowest BCUT2D eigenvalue weighted by atomic mass is 10.2. The highest BCUT2D eigenvalue weighted by molar-refractivity contribution is 9.10. The largest absolute Gasteiger partial charge is 0.272 e. The highest BCUT2D eigenvalue weighted by Crippen LogP contribution is 2.13. The molecule has 0 spiro atoms. The first-order valence-corrected chi connectivity index (χ1v) is 7.50. The molecule has 7 heteroatoms. The Morgan fingerprint density at radius 2 is 2.05 bits per heavy atom. The van der Waals surface area contributed by atoms with Gasteiger partial charge in [0.25, 0.3) is 5.91 Å². The Hall–Kier alpha value is -1.73. The molecule has 0 aliphatic rings. The van der Waals surface area contributed by atoms with Crippen molar-refractivity contribution in [3.63, 3.8) is 0 Å². The molecule has 2 rings (SSSR count). The minimum absolute atomic E-state index is 0.203. The minimum atomic E-state index is -0.203. The smallest absolute Gasteiger partial charge is 0.250 e. The van der Waals surface area contributed by atoms with Crippen LogP contribution in [0.5, 0.6) is 0 Å². The maximum atomic E-state index is 11.6. The molecule has 2 aromatic rings. The van der Waals surface area contributed by atoms with Crippen molar-refractivity contribution in [2.24, 2.45) is 5.10 Å². The number of thioether (sulfide) groups is 1. The fraction of sp³-hybridized carbons (Fsp3) is 0.0769. The number of amides is 1. The lowest BCUT2D eigenvalue weighted by molar-refractivity contribution is -0.118. The molecule has 1 N–H and O–H groups in total. The average molecular weight is 351 g/mol. The van der Waals surface area contributed by atoms with Crippen LogP contribution in [0, 0.1) is 0 Å². The van der Waals surface area contributed by atoms with Crippen molar-refractivity contribution >= 4 is 39.8 Å². The van der Waals surface area contributed by atoms with Crippen LogP contribution < -0.4 is 5.43 Å². The number of rotatable bonds is 5. The number of nitrogens with one attached hydrogen (secondary N) is 1. The lowest BCUT2D eigenvalue weighted by Gasteiger charge is -1.99. The van der Waals surface area contributed by atoms with Crippen LogP contribution in [0.2, 0.25) is 0 Å². The molecule has 0 fully saturated rings. The fourth-order valence-corrected chi connectivity index (χ4v) is 2.26. The van der Waals surface area contributed by atoms with E-state index in [0.717, 1.165) is 10.0 Å². The molecular formula is C13H11BrN4OS. The fourth-order valence-electron chi connectivity index (χ4n) is 1.28. The normalized spacial score (nSPS) is 10.7. The number of halogens is 1. The SMILES string of the molecule is O=C(CSc1ncccn1)NN=Cc1ccccc1Br. The average Bonchev–Trinajstić information content (AvgIpc) is 2.48. The van der Waals surface area contributed by atoms with E-state index in [1.165, 1.54) is 11.8 Å². The van der Waals surface area contributed by atoms with Gasteiger partial charge < -0.3 is 0 Å². The predicted molar refractivity (Wildman–Crippen MR) is 82.6 cm³/mol. The number of carbonyl (C=O) groups is 1. The van der Waals surface area contributed by atoms with E-state index in [1.54, 1.807) is 24.7 Å². The summed E-state index contributed by atoms with van der Waals surface area (Å²) in [5.74, 6) is 0.0166. The molecule has 0 saturated heterocycles. The van der Waals surface area contributed by atoms with Gasteiger partial charge >= 0.3 is 0 Å². The van der Waals surface area contributed by atoms with Gasteiger partial charge in [0.1, 0.15) is 0 Å². The molecule has 20 heavy (non-hydrogen) atoms. The second kappa shape index (κ2) is 7.76. The summed E-state index contributed by atoms with van der Waals surface area (Å²) in [7, 11) is 0. The molecule has 0 unspecified atom stereocenters. The molecule has 102 valence electrons. The summed E-state index contributed by atoms with van der Waals surface area (Å²) >= 11 is 4.66. The molecule has 0 bridgehead atoms. The van der Waals surface area contributed by atoms with Gasteiger partial charge in [0.15, 0.2) is 5.16 Å². The third-order valence-corrected chi connectivity index (χ3v) is 3.77. The van der Waals surface area contributed by atoms with Crippen LogP contribution in [0.15, 0.2) is 57.5 Å². The highest BCUT2D eigenvalue weighted by atomic mass is 79.9. The molecule has 0 saturated carbocycles. The first-order chi connectivity index (χ1) is 9.75. The van der Waals surface area contributed by atoms with Gasteiger partial charge in [-0.05, 0) is 12.1 Å². The molecule has 0 atom stereocenters. The third-order valence-electron chi connectivity index (χ3n) is 2.17. The first-order valence-electron chi connectivity index (χ1n) is 5.72. The molecular weight excluding hydrogens is 340 g/mol. The molecule has 1 heterocycles. The number of carbonyl (C=O) groups excluding carboxylic acids is 1. The zero-order valence-corrected chi connectivity index (χ0v) is 12.8. The van der Waals surface area contributed by atoms with Crippen LogP contribution >= 0.6 is 27.7 Å². The number of nitrogens with zero attached hydrogens (tertiary/aromatic N) is 3. The summed E-state index contributed by atoms with van der Waals surface area (Å²) in [5, 5.41) is 4.47. The van der Waals surface area contributed by atoms with E-state index in [2.05, 4.69) is 36.4 Å². The number of hydrogen-bond donors (Lipinski definition) is 1. The van der Waals surface area contributed by atoms with Crippen LogP contribution in [-0.4, -0.2) is 27.8 Å². The van der Waals surface area contributed by atoms with Gasteiger partial charge in [-0.2, -0.15) is 5.10 Å². The Morgan fingerprint density at radius 1 is 1.30 bits per heavy atom. The lowest BCUT2D eigenvalue weighted by Crippen LogP contribution is -2.19. The number of hydrazone groups is 1. The Labute approximate surface area is 129 Å². The van der Waals surface area contributed by atoms with Gasteiger partial charge in [0.2, 0.25) is 0 Å². The van der Waals surface area contributed by atoms with Gasteiger partial charge in [0, 0.05) is 22.4 Å². The van der Waals surface area contributed by atoms with Crippen LogP contribution in [0.1, 0.15) is 5.56 Å². The van der Waals surface area contributed by atoms with Crippen molar-refractivity contribution in [3.8, 4) is 0 Å². The Kier molecular flexibility index (Phi) is 5.69. The van der Waals surface area contributed by atoms with Crippen molar-refractivity contribution < 1.29 is 4.79 Å². The number of aromatic nitrogens is 2. The summed E-state index contributed by atoms with van der Waals surface area (Å²) in [5.41, 5.74) is 3.36. The molecule has 0 aliphatic heterocycles. The molecule has 5 nitrogen and oxygen atoms in total. The zero-order chi connectivity index (χ0) is 14.2. The van der Waals surface area contributed by atoms with Gasteiger partial charge in [-0.25, -0.2) is 15.4 Å². The Balaban J connectivity index is 1.79. The first kappa shape index (κ1) is 14.7. The Bertz CT molecular complexity index is 606. The topological polar surface area (TPSA) is 67.2 Å². The van der Waals surface area contributed by atoms with E-state index in [-0.39, 0.29) is 11.7 Å². The maximum Gasteiger partial charge on any atom is 0.250 e. The van der Waals surface area contributed by atoms with E-state index in [4.69, 9.17) is 0 Å². The molecule has 1 aromatic heterocycles. The second-order valence-electron chi connectivity index (χ2n) is 3.63. The number of hydrogen-bond acceptors (Lipinski definition) is 5. The van der Waals surface area contributed by atoms with Crippen molar-refractivity contribution in [1.29, 1.82) is 0 Å². The van der Waals surface area contributed by atoms with E-state index in [0.29, 0.717) is 5.16 Å². The zero-order valence-electron chi connectivity index (χ0n) is 10.4. The van der Waals surface area contributed by atoms with Gasteiger partial charge in [-0.15, -0.1) is 0 Å². The Morgan fingerprint density at radius 3 is 2.80 bits per heavy atom. The van der Waals surface area contributed by atoms with Gasteiger partial charge in [-0.1, -0.05) is 45.9 Å². The number of benzene rings is 1. The summed E-state index contributed by atoms with van der Waals surface area (Å²) in [6.07, 6.45) is 4.86. The van der Waals surface area contributed by atoms with E-state index >= 15 is 0 Å². The van der Waals surface area contributed by atoms with E-state index < -0.39 is 0 Å². The standard InChI is InChI=1S/C13H11BrN4OS/c14-11-5-2-1-4-10(11)8-17-18-12(19)9-20-13-15-6-3-7-16-13/h1-8H,9H2,(H,18,19). The maximum absolute atomic E-state index is 11.6. The van der Waals surface area contributed by atoms with E-state index in [9.17, 15) is 4.79 Å². The molecule has 1 aromatic carbocycles. The molecule has 0 aliphatic carbocycles. The summed E-state index contributed by atoms with van der Waals surface area (Å²) < 4.78 is 0.921. The van der Waals surface area contributed by atoms with Gasteiger partial charge in [-0.3, -0.25) is 4.79 Å².